The van der Waals surface area contributed by atoms with Crippen LogP contribution in [0.15, 0.2) is 76.5 Å². The first-order valence-corrected chi connectivity index (χ1v) is 8.53. The van der Waals surface area contributed by atoms with Gasteiger partial charge in [-0.15, -0.1) is 0 Å². The van der Waals surface area contributed by atoms with Crippen LogP contribution in [0.5, 0.6) is 0 Å². The second-order valence-corrected chi connectivity index (χ2v) is 6.55. The normalized spacial score (nSPS) is 10.4. The van der Waals surface area contributed by atoms with Gasteiger partial charge in [-0.25, -0.2) is 8.78 Å². The Hall–Kier alpha value is -3.26. The molecule has 27 heavy (non-hydrogen) atoms. The first kappa shape index (κ1) is 18.5. The zero-order valence-corrected chi connectivity index (χ0v) is 14.5. The third-order valence-corrected chi connectivity index (χ3v) is 4.64. The van der Waals surface area contributed by atoms with Gasteiger partial charge < -0.3 is 5.32 Å². The summed E-state index contributed by atoms with van der Waals surface area (Å²) in [6, 6.07) is 15.8. The van der Waals surface area contributed by atoms with Gasteiger partial charge in [0.2, 0.25) is 0 Å². The lowest BCUT2D eigenvalue weighted by molar-refractivity contribution is -0.387. The molecule has 0 fully saturated rings. The molecule has 0 saturated heterocycles. The van der Waals surface area contributed by atoms with Gasteiger partial charge in [0.05, 0.1) is 15.5 Å². The number of hydrogen-bond donors (Lipinski definition) is 1. The van der Waals surface area contributed by atoms with Crippen molar-refractivity contribution in [1.29, 1.82) is 0 Å². The number of nitrogens with zero attached hydrogens (tertiary/aromatic N) is 1. The van der Waals surface area contributed by atoms with Crippen LogP contribution in [0, 0.1) is 21.7 Å². The molecule has 3 aromatic rings. The molecule has 0 spiro atoms. The van der Waals surface area contributed by atoms with Crippen LogP contribution in [0.2, 0.25) is 0 Å². The molecule has 0 atom stereocenters. The molecule has 0 saturated carbocycles. The van der Waals surface area contributed by atoms with E-state index in [1.807, 2.05) is 30.3 Å². The molecule has 1 amide bonds. The van der Waals surface area contributed by atoms with E-state index >= 15 is 0 Å². The summed E-state index contributed by atoms with van der Waals surface area (Å²) in [5.74, 6) is -2.45. The standard InChI is InChI=1S/C19H12F2N2O3S/c20-13-7-8-16(15(21)11-13)22-19(24)12-6-9-18(17(10-12)23(25)26)27-14-4-2-1-3-5-14/h1-11H,(H,22,24). The molecule has 0 aliphatic carbocycles. The lowest BCUT2D eigenvalue weighted by Crippen LogP contribution is -2.13. The van der Waals surface area contributed by atoms with E-state index in [1.165, 1.54) is 23.9 Å². The molecule has 3 rings (SSSR count). The maximum atomic E-state index is 13.7. The zero-order chi connectivity index (χ0) is 19.4. The van der Waals surface area contributed by atoms with Gasteiger partial charge in [-0.05, 0) is 36.4 Å². The molecule has 0 aliphatic heterocycles. The highest BCUT2D eigenvalue weighted by Gasteiger charge is 2.19. The second-order valence-electron chi connectivity index (χ2n) is 5.43. The fourth-order valence-corrected chi connectivity index (χ4v) is 3.21. The number of hydrogen-bond acceptors (Lipinski definition) is 4. The first-order chi connectivity index (χ1) is 12.9. The number of rotatable bonds is 5. The highest BCUT2D eigenvalue weighted by atomic mass is 32.2. The van der Waals surface area contributed by atoms with E-state index in [0.717, 1.165) is 23.1 Å². The lowest BCUT2D eigenvalue weighted by Gasteiger charge is -2.08. The van der Waals surface area contributed by atoms with E-state index < -0.39 is 22.5 Å². The molecule has 3 aromatic carbocycles. The molecule has 0 unspecified atom stereocenters. The monoisotopic (exact) mass is 386 g/mol. The number of nitro benzene ring substituents is 1. The smallest absolute Gasteiger partial charge is 0.284 e. The van der Waals surface area contributed by atoms with Crippen LogP contribution in [-0.4, -0.2) is 10.8 Å². The van der Waals surface area contributed by atoms with Crippen molar-refractivity contribution in [1.82, 2.24) is 0 Å². The number of carbonyl (C=O) groups excluding carboxylic acids is 1. The average Bonchev–Trinajstić information content (AvgIpc) is 2.65. The first-order valence-electron chi connectivity index (χ1n) is 7.72. The summed E-state index contributed by atoms with van der Waals surface area (Å²) >= 11 is 1.20. The van der Waals surface area contributed by atoms with Gasteiger partial charge in [0.15, 0.2) is 0 Å². The van der Waals surface area contributed by atoms with Crippen molar-refractivity contribution >= 4 is 29.0 Å². The summed E-state index contributed by atoms with van der Waals surface area (Å²) < 4.78 is 26.6. The van der Waals surface area contributed by atoms with Crippen molar-refractivity contribution in [2.75, 3.05) is 5.32 Å². The Labute approximate surface area is 157 Å². The topological polar surface area (TPSA) is 72.2 Å². The van der Waals surface area contributed by atoms with Crippen molar-refractivity contribution < 1.29 is 18.5 Å². The number of nitro groups is 1. The van der Waals surface area contributed by atoms with E-state index in [4.69, 9.17) is 0 Å². The van der Waals surface area contributed by atoms with Crippen LogP contribution in [0.25, 0.3) is 0 Å². The predicted octanol–water partition coefficient (Wildman–Crippen LogP) is 5.28. The third kappa shape index (κ3) is 4.48. The van der Waals surface area contributed by atoms with Gasteiger partial charge in [-0.2, -0.15) is 0 Å². The molecule has 8 heteroatoms. The summed E-state index contributed by atoms with van der Waals surface area (Å²) in [7, 11) is 0. The van der Waals surface area contributed by atoms with Crippen LogP contribution < -0.4 is 5.32 Å². The summed E-state index contributed by atoms with van der Waals surface area (Å²) in [6.45, 7) is 0. The zero-order valence-electron chi connectivity index (χ0n) is 13.7. The summed E-state index contributed by atoms with van der Waals surface area (Å²) in [4.78, 5) is 24.3. The van der Waals surface area contributed by atoms with Crippen LogP contribution >= 0.6 is 11.8 Å². The van der Waals surface area contributed by atoms with E-state index in [2.05, 4.69) is 5.32 Å². The Morgan fingerprint density at radius 2 is 1.74 bits per heavy atom. The molecule has 1 N–H and O–H groups in total. The fourth-order valence-electron chi connectivity index (χ4n) is 2.29. The lowest BCUT2D eigenvalue weighted by atomic mass is 10.2. The fraction of sp³-hybridized carbons (Fsp3) is 0. The maximum Gasteiger partial charge on any atom is 0.284 e. The molecular formula is C19H12F2N2O3S. The van der Waals surface area contributed by atoms with Crippen molar-refractivity contribution in [3.63, 3.8) is 0 Å². The van der Waals surface area contributed by atoms with E-state index in [0.29, 0.717) is 11.0 Å². The highest BCUT2D eigenvalue weighted by Crippen LogP contribution is 2.35. The summed E-state index contributed by atoms with van der Waals surface area (Å²) in [6.07, 6.45) is 0. The summed E-state index contributed by atoms with van der Waals surface area (Å²) in [5.41, 5.74) is -0.467. The van der Waals surface area contributed by atoms with Gasteiger partial charge >= 0.3 is 0 Å². The van der Waals surface area contributed by atoms with Crippen molar-refractivity contribution in [3.8, 4) is 0 Å². The van der Waals surface area contributed by atoms with Crippen molar-refractivity contribution in [2.45, 2.75) is 9.79 Å². The molecule has 0 bridgehead atoms. The largest absolute Gasteiger partial charge is 0.319 e. The maximum absolute atomic E-state index is 13.7. The van der Waals surface area contributed by atoms with Gasteiger partial charge in [0.25, 0.3) is 11.6 Å². The van der Waals surface area contributed by atoms with E-state index in [-0.39, 0.29) is 16.9 Å². The van der Waals surface area contributed by atoms with E-state index in [1.54, 1.807) is 0 Å². The number of anilines is 1. The van der Waals surface area contributed by atoms with Gasteiger partial charge in [-0.3, -0.25) is 14.9 Å². The van der Waals surface area contributed by atoms with Crippen LogP contribution in [0.3, 0.4) is 0 Å². The van der Waals surface area contributed by atoms with Gasteiger partial charge in [0.1, 0.15) is 11.6 Å². The predicted molar refractivity (Wildman–Crippen MR) is 98.0 cm³/mol. The number of amides is 1. The quantitative estimate of drug-likeness (QED) is 0.479. The van der Waals surface area contributed by atoms with Crippen LogP contribution in [-0.2, 0) is 0 Å². The average molecular weight is 386 g/mol. The molecule has 0 radical (unpaired) electrons. The Balaban J connectivity index is 1.86. The van der Waals surface area contributed by atoms with Gasteiger partial charge in [0, 0.05) is 22.6 Å². The van der Waals surface area contributed by atoms with Crippen LogP contribution in [0.4, 0.5) is 20.2 Å². The van der Waals surface area contributed by atoms with Crippen molar-refractivity contribution in [2.24, 2.45) is 0 Å². The molecule has 0 aromatic heterocycles. The Morgan fingerprint density at radius 1 is 1.00 bits per heavy atom. The Bertz CT molecular complexity index is 1010. The Morgan fingerprint density at radius 3 is 2.41 bits per heavy atom. The molecule has 136 valence electrons. The minimum absolute atomic E-state index is 0.0113. The number of halogens is 2. The SMILES string of the molecule is O=C(Nc1ccc(F)cc1F)c1ccc(Sc2ccccc2)c([N+](=O)[O-])c1. The van der Waals surface area contributed by atoms with Gasteiger partial charge in [-0.1, -0.05) is 30.0 Å². The van der Waals surface area contributed by atoms with Crippen molar-refractivity contribution in [3.05, 3.63) is 94.0 Å². The number of benzene rings is 3. The minimum atomic E-state index is -0.936. The number of carbonyl (C=O) groups is 1. The molecular weight excluding hydrogens is 374 g/mol. The third-order valence-electron chi connectivity index (χ3n) is 3.57. The molecule has 5 nitrogen and oxygen atoms in total. The van der Waals surface area contributed by atoms with Crippen LogP contribution in [0.1, 0.15) is 10.4 Å². The van der Waals surface area contributed by atoms with E-state index in [9.17, 15) is 23.7 Å². The minimum Gasteiger partial charge on any atom is -0.319 e. The molecule has 0 heterocycles. The summed E-state index contributed by atoms with van der Waals surface area (Å²) in [5, 5.41) is 13.7. The Kier molecular flexibility index (Phi) is 5.46. The number of nitrogens with one attached hydrogen (secondary N) is 1. The second kappa shape index (κ2) is 7.96. The highest BCUT2D eigenvalue weighted by molar-refractivity contribution is 7.99. The molecule has 0 aliphatic rings.